The lowest BCUT2D eigenvalue weighted by Crippen LogP contribution is -2.33. The van der Waals surface area contributed by atoms with Gasteiger partial charge in [-0.05, 0) is 17.7 Å². The molecular weight excluding hydrogens is 350 g/mol. The van der Waals surface area contributed by atoms with E-state index in [-0.39, 0.29) is 23.8 Å². The van der Waals surface area contributed by atoms with Gasteiger partial charge in [-0.25, -0.2) is 4.79 Å². The molecule has 116 valence electrons. The monoisotopic (exact) mass is 365 g/mol. The minimum atomic E-state index is -0.593. The highest BCUT2D eigenvalue weighted by atomic mass is 79.9. The number of hydrogen-bond donors (Lipinski definition) is 2. The Kier molecular flexibility index (Phi) is 5.66. The Bertz CT molecular complexity index is 633. The van der Waals surface area contributed by atoms with Gasteiger partial charge in [-0.1, -0.05) is 52.3 Å². The predicted molar refractivity (Wildman–Crippen MR) is 87.5 cm³/mol. The van der Waals surface area contributed by atoms with Gasteiger partial charge in [0.25, 0.3) is 0 Å². The third-order valence-electron chi connectivity index (χ3n) is 3.02. The fourth-order valence-corrected chi connectivity index (χ4v) is 2.28. The van der Waals surface area contributed by atoms with Crippen LogP contribution in [0.3, 0.4) is 0 Å². The Morgan fingerprint density at radius 3 is 2.50 bits per heavy atom. The summed E-state index contributed by atoms with van der Waals surface area (Å²) in [5, 5.41) is 20.0. The first-order chi connectivity index (χ1) is 10.6. The van der Waals surface area contributed by atoms with E-state index in [0.29, 0.717) is 11.9 Å². The van der Waals surface area contributed by atoms with Crippen LogP contribution in [0.25, 0.3) is 0 Å². The van der Waals surface area contributed by atoms with Crippen molar-refractivity contribution in [3.05, 3.63) is 54.1 Å². The zero-order chi connectivity index (χ0) is 15.9. The van der Waals surface area contributed by atoms with E-state index in [1.54, 1.807) is 12.1 Å². The van der Waals surface area contributed by atoms with Gasteiger partial charge in [0, 0.05) is 11.9 Å². The fraction of sp³-hybridized carbons (Fsp3) is 0.188. The van der Waals surface area contributed by atoms with Gasteiger partial charge in [-0.2, -0.15) is 0 Å². The van der Waals surface area contributed by atoms with Crippen molar-refractivity contribution < 1.29 is 19.7 Å². The molecule has 0 saturated carbocycles. The number of phenols is 2. The zero-order valence-electron chi connectivity index (χ0n) is 11.8. The summed E-state index contributed by atoms with van der Waals surface area (Å²) in [6.45, 7) is 0.433. The van der Waals surface area contributed by atoms with Crippen LogP contribution in [0.1, 0.15) is 5.56 Å². The summed E-state index contributed by atoms with van der Waals surface area (Å²) in [6.07, 6.45) is -0.593. The van der Waals surface area contributed by atoms with E-state index in [2.05, 4.69) is 15.9 Å². The number of hydrogen-bond acceptors (Lipinski definition) is 4. The Morgan fingerprint density at radius 1 is 1.09 bits per heavy atom. The maximum Gasteiger partial charge on any atom is 0.414 e. The second-order valence-corrected chi connectivity index (χ2v) is 5.32. The highest BCUT2D eigenvalue weighted by Gasteiger charge is 2.21. The third kappa shape index (κ3) is 3.92. The number of benzene rings is 2. The van der Waals surface area contributed by atoms with E-state index in [0.717, 1.165) is 5.56 Å². The maximum absolute atomic E-state index is 12.3. The standard InChI is InChI=1S/C16H16BrNO4/c17-9-10-18(13-7-4-8-14(19)15(13)20)16(21)22-11-12-5-2-1-3-6-12/h1-8,19-20H,9-11H2. The molecule has 0 heterocycles. The Balaban J connectivity index is 2.13. The summed E-state index contributed by atoms with van der Waals surface area (Å²) in [5.74, 6) is -0.631. The Morgan fingerprint density at radius 2 is 1.82 bits per heavy atom. The van der Waals surface area contributed by atoms with Gasteiger partial charge < -0.3 is 14.9 Å². The molecule has 0 saturated heterocycles. The molecule has 2 aromatic rings. The molecule has 0 fully saturated rings. The Labute approximate surface area is 136 Å². The van der Waals surface area contributed by atoms with Crippen LogP contribution in [0.4, 0.5) is 10.5 Å². The van der Waals surface area contributed by atoms with Crippen LogP contribution >= 0.6 is 15.9 Å². The number of para-hydroxylation sites is 1. The van der Waals surface area contributed by atoms with Gasteiger partial charge in [0.1, 0.15) is 6.61 Å². The van der Waals surface area contributed by atoms with Crippen LogP contribution in [0.5, 0.6) is 11.5 Å². The zero-order valence-corrected chi connectivity index (χ0v) is 13.4. The molecule has 0 radical (unpaired) electrons. The number of halogens is 1. The largest absolute Gasteiger partial charge is 0.504 e. The first kappa shape index (κ1) is 16.2. The van der Waals surface area contributed by atoms with Gasteiger partial charge in [-0.15, -0.1) is 0 Å². The van der Waals surface area contributed by atoms with Crippen molar-refractivity contribution in [2.75, 3.05) is 16.8 Å². The van der Waals surface area contributed by atoms with Gasteiger partial charge >= 0.3 is 6.09 Å². The van der Waals surface area contributed by atoms with E-state index in [1.165, 1.54) is 11.0 Å². The number of anilines is 1. The number of phenolic OH excluding ortho intramolecular Hbond substituents is 2. The number of ether oxygens (including phenoxy) is 1. The summed E-state index contributed by atoms with van der Waals surface area (Å²) >= 11 is 3.26. The third-order valence-corrected chi connectivity index (χ3v) is 3.37. The molecule has 0 spiro atoms. The number of nitrogens with zero attached hydrogens (tertiary/aromatic N) is 1. The second kappa shape index (κ2) is 7.70. The molecule has 0 aliphatic carbocycles. The fourth-order valence-electron chi connectivity index (χ4n) is 1.93. The average Bonchev–Trinajstić information content (AvgIpc) is 2.54. The molecule has 0 unspecified atom stereocenters. The number of rotatable bonds is 5. The molecule has 1 amide bonds. The molecule has 2 aromatic carbocycles. The summed E-state index contributed by atoms with van der Waals surface area (Å²) in [5.41, 5.74) is 1.08. The van der Waals surface area contributed by atoms with Crippen molar-refractivity contribution >= 4 is 27.7 Å². The Hall–Kier alpha value is -2.21. The minimum Gasteiger partial charge on any atom is -0.504 e. The molecule has 0 atom stereocenters. The molecule has 2 rings (SSSR count). The van der Waals surface area contributed by atoms with Crippen LogP contribution in [-0.4, -0.2) is 28.2 Å². The molecule has 2 N–H and O–H groups in total. The van der Waals surface area contributed by atoms with Crippen LogP contribution < -0.4 is 4.90 Å². The van der Waals surface area contributed by atoms with Crippen LogP contribution in [0.2, 0.25) is 0 Å². The van der Waals surface area contributed by atoms with Crippen molar-refractivity contribution in [2.45, 2.75) is 6.61 Å². The first-order valence-corrected chi connectivity index (χ1v) is 7.80. The van der Waals surface area contributed by atoms with E-state index in [1.807, 2.05) is 30.3 Å². The van der Waals surface area contributed by atoms with Gasteiger partial charge in [0.15, 0.2) is 11.5 Å². The molecular formula is C16H16BrNO4. The maximum atomic E-state index is 12.3. The average molecular weight is 366 g/mol. The second-order valence-electron chi connectivity index (χ2n) is 4.53. The highest BCUT2D eigenvalue weighted by molar-refractivity contribution is 9.09. The molecule has 5 nitrogen and oxygen atoms in total. The number of carbonyl (C=O) groups is 1. The van der Waals surface area contributed by atoms with Crippen molar-refractivity contribution in [3.8, 4) is 11.5 Å². The smallest absolute Gasteiger partial charge is 0.414 e. The van der Waals surface area contributed by atoms with Crippen molar-refractivity contribution in [2.24, 2.45) is 0 Å². The van der Waals surface area contributed by atoms with E-state index < -0.39 is 6.09 Å². The normalized spacial score (nSPS) is 10.2. The summed E-state index contributed by atoms with van der Waals surface area (Å²) in [4.78, 5) is 13.5. The number of alkyl halides is 1. The van der Waals surface area contributed by atoms with Crippen LogP contribution in [-0.2, 0) is 11.3 Å². The van der Waals surface area contributed by atoms with E-state index >= 15 is 0 Å². The van der Waals surface area contributed by atoms with Crippen molar-refractivity contribution in [1.82, 2.24) is 0 Å². The molecule has 0 aliphatic heterocycles. The molecule has 0 aromatic heterocycles. The van der Waals surface area contributed by atoms with Crippen molar-refractivity contribution in [1.29, 1.82) is 0 Å². The summed E-state index contributed by atoms with van der Waals surface area (Å²) in [6, 6.07) is 13.8. The van der Waals surface area contributed by atoms with Gasteiger partial charge in [0.05, 0.1) is 5.69 Å². The molecule has 22 heavy (non-hydrogen) atoms. The lowest BCUT2D eigenvalue weighted by molar-refractivity contribution is 0.147. The van der Waals surface area contributed by atoms with E-state index in [4.69, 9.17) is 4.74 Å². The molecule has 0 aliphatic rings. The van der Waals surface area contributed by atoms with Gasteiger partial charge in [0.2, 0.25) is 0 Å². The first-order valence-electron chi connectivity index (χ1n) is 6.68. The lowest BCUT2D eigenvalue weighted by Gasteiger charge is -2.22. The number of amides is 1. The van der Waals surface area contributed by atoms with Crippen molar-refractivity contribution in [3.63, 3.8) is 0 Å². The van der Waals surface area contributed by atoms with Crippen LogP contribution in [0, 0.1) is 0 Å². The minimum absolute atomic E-state index is 0.137. The van der Waals surface area contributed by atoms with Gasteiger partial charge in [-0.3, -0.25) is 4.90 Å². The predicted octanol–water partition coefficient (Wildman–Crippen LogP) is 3.64. The van der Waals surface area contributed by atoms with Crippen LogP contribution in [0.15, 0.2) is 48.5 Å². The number of aromatic hydroxyl groups is 2. The molecule has 6 heteroatoms. The lowest BCUT2D eigenvalue weighted by atomic mass is 10.2. The summed E-state index contributed by atoms with van der Waals surface area (Å²) in [7, 11) is 0. The summed E-state index contributed by atoms with van der Waals surface area (Å²) < 4.78 is 5.27. The van der Waals surface area contributed by atoms with E-state index in [9.17, 15) is 15.0 Å². The SMILES string of the molecule is O=C(OCc1ccccc1)N(CCBr)c1cccc(O)c1O. The topological polar surface area (TPSA) is 70.0 Å². The molecule has 0 bridgehead atoms. The quantitative estimate of drug-likeness (QED) is 0.626. The highest BCUT2D eigenvalue weighted by Crippen LogP contribution is 2.35. The number of carbonyl (C=O) groups excluding carboxylic acids is 1.